The van der Waals surface area contributed by atoms with Crippen LogP contribution in [0.1, 0.15) is 23.0 Å². The summed E-state index contributed by atoms with van der Waals surface area (Å²) in [5.74, 6) is 0.946. The monoisotopic (exact) mass is 393 g/mol. The van der Waals surface area contributed by atoms with Crippen molar-refractivity contribution in [1.29, 1.82) is 0 Å². The average Bonchev–Trinajstić information content (AvgIpc) is 3.15. The van der Waals surface area contributed by atoms with E-state index in [1.54, 1.807) is 21.1 Å². The Labute approximate surface area is 162 Å². The van der Waals surface area contributed by atoms with Crippen LogP contribution in [0.2, 0.25) is 0 Å². The Morgan fingerprint density at radius 2 is 2.00 bits per heavy atom. The lowest BCUT2D eigenvalue weighted by atomic mass is 10.1. The van der Waals surface area contributed by atoms with E-state index in [9.17, 15) is 9.59 Å². The number of amides is 1. The van der Waals surface area contributed by atoms with Crippen LogP contribution >= 0.6 is 11.8 Å². The molecule has 1 aromatic heterocycles. The average molecular weight is 393 g/mol. The first-order valence-electron chi connectivity index (χ1n) is 8.39. The quantitative estimate of drug-likeness (QED) is 0.470. The molecule has 0 aliphatic rings. The molecular formula is C18H23N3O5S. The van der Waals surface area contributed by atoms with Crippen molar-refractivity contribution in [1.82, 2.24) is 15.3 Å². The lowest BCUT2D eigenvalue weighted by Gasteiger charge is -2.10. The Hall–Kier alpha value is -2.68. The number of methoxy groups -OCH3 is 2. The van der Waals surface area contributed by atoms with E-state index in [2.05, 4.69) is 15.3 Å². The standard InChI is InChI=1S/C18H23N3O5S/c1-4-26-17(23)13-10-20-18(21-13)27-11-16(22)19-8-7-12-5-6-14(24-2)15(9-12)25-3/h5-6,9-10H,4,7-8,11H2,1-3H3,(H,19,22)(H,20,21). The number of nitrogens with zero attached hydrogens (tertiary/aromatic N) is 1. The van der Waals surface area contributed by atoms with E-state index < -0.39 is 5.97 Å². The molecule has 0 fully saturated rings. The van der Waals surface area contributed by atoms with Crippen LogP contribution in [-0.2, 0) is 16.0 Å². The number of nitrogens with one attached hydrogen (secondary N) is 2. The van der Waals surface area contributed by atoms with Gasteiger partial charge in [0, 0.05) is 6.54 Å². The number of carbonyl (C=O) groups is 2. The van der Waals surface area contributed by atoms with Crippen molar-refractivity contribution in [3.8, 4) is 11.5 Å². The normalized spacial score (nSPS) is 10.3. The topological polar surface area (TPSA) is 103 Å². The van der Waals surface area contributed by atoms with Gasteiger partial charge in [0.05, 0.1) is 32.8 Å². The fourth-order valence-electron chi connectivity index (χ4n) is 2.26. The first-order chi connectivity index (χ1) is 13.1. The number of carbonyl (C=O) groups excluding carboxylic acids is 2. The molecule has 1 aromatic carbocycles. The van der Waals surface area contributed by atoms with Crippen molar-refractivity contribution in [2.75, 3.05) is 33.1 Å². The highest BCUT2D eigenvalue weighted by atomic mass is 32.2. The van der Waals surface area contributed by atoms with Crippen LogP contribution in [0, 0.1) is 0 Å². The molecule has 1 amide bonds. The van der Waals surface area contributed by atoms with Crippen molar-refractivity contribution in [2.45, 2.75) is 18.5 Å². The molecule has 0 bridgehead atoms. The highest BCUT2D eigenvalue weighted by molar-refractivity contribution is 7.99. The van der Waals surface area contributed by atoms with Crippen LogP contribution < -0.4 is 14.8 Å². The summed E-state index contributed by atoms with van der Waals surface area (Å²) in [7, 11) is 3.17. The highest BCUT2D eigenvalue weighted by Gasteiger charge is 2.12. The van der Waals surface area contributed by atoms with E-state index in [1.165, 1.54) is 18.0 Å². The minimum Gasteiger partial charge on any atom is -0.493 e. The summed E-state index contributed by atoms with van der Waals surface area (Å²) < 4.78 is 15.3. The molecule has 0 radical (unpaired) electrons. The molecule has 8 nitrogen and oxygen atoms in total. The second kappa shape index (κ2) is 10.5. The van der Waals surface area contributed by atoms with Gasteiger partial charge in [0.1, 0.15) is 5.69 Å². The van der Waals surface area contributed by atoms with Gasteiger partial charge in [0.2, 0.25) is 5.91 Å². The second-order valence-corrected chi connectivity index (χ2v) is 6.36. The van der Waals surface area contributed by atoms with Crippen molar-refractivity contribution in [3.05, 3.63) is 35.7 Å². The van der Waals surface area contributed by atoms with Gasteiger partial charge in [-0.3, -0.25) is 4.79 Å². The number of hydrogen-bond acceptors (Lipinski definition) is 7. The minimum absolute atomic E-state index is 0.116. The second-order valence-electron chi connectivity index (χ2n) is 5.40. The van der Waals surface area contributed by atoms with Crippen LogP contribution in [0.15, 0.2) is 29.6 Å². The van der Waals surface area contributed by atoms with Crippen LogP contribution in [0.5, 0.6) is 11.5 Å². The van der Waals surface area contributed by atoms with Gasteiger partial charge in [-0.1, -0.05) is 17.8 Å². The third kappa shape index (κ3) is 6.21. The third-order valence-electron chi connectivity index (χ3n) is 3.57. The lowest BCUT2D eigenvalue weighted by molar-refractivity contribution is -0.118. The van der Waals surface area contributed by atoms with Gasteiger partial charge in [0.25, 0.3) is 0 Å². The molecule has 0 saturated heterocycles. The van der Waals surface area contributed by atoms with Crippen LogP contribution in [0.3, 0.4) is 0 Å². The van der Waals surface area contributed by atoms with E-state index in [4.69, 9.17) is 14.2 Å². The van der Waals surface area contributed by atoms with Gasteiger partial charge in [-0.05, 0) is 31.0 Å². The molecule has 0 atom stereocenters. The molecule has 146 valence electrons. The zero-order valence-electron chi connectivity index (χ0n) is 15.5. The van der Waals surface area contributed by atoms with Gasteiger partial charge >= 0.3 is 5.97 Å². The van der Waals surface area contributed by atoms with Gasteiger partial charge in [-0.2, -0.15) is 0 Å². The molecule has 0 unspecified atom stereocenters. The summed E-state index contributed by atoms with van der Waals surface area (Å²) in [6, 6.07) is 5.66. The Morgan fingerprint density at radius 1 is 1.22 bits per heavy atom. The smallest absolute Gasteiger partial charge is 0.356 e. The fourth-order valence-corrected chi connectivity index (χ4v) is 2.94. The molecule has 9 heteroatoms. The number of imidazole rings is 1. The first-order valence-corrected chi connectivity index (χ1v) is 9.38. The number of esters is 1. The zero-order valence-corrected chi connectivity index (χ0v) is 16.4. The van der Waals surface area contributed by atoms with Crippen molar-refractivity contribution in [3.63, 3.8) is 0 Å². The summed E-state index contributed by atoms with van der Waals surface area (Å²) in [4.78, 5) is 30.4. The minimum atomic E-state index is -0.462. The van der Waals surface area contributed by atoms with Crippen LogP contribution in [0.25, 0.3) is 0 Å². The molecule has 27 heavy (non-hydrogen) atoms. The number of thioether (sulfide) groups is 1. The summed E-state index contributed by atoms with van der Waals surface area (Å²) in [6.45, 7) is 2.53. The summed E-state index contributed by atoms with van der Waals surface area (Å²) in [5.41, 5.74) is 1.30. The van der Waals surface area contributed by atoms with Gasteiger partial charge in [0.15, 0.2) is 16.7 Å². The maximum absolute atomic E-state index is 12.0. The zero-order chi connectivity index (χ0) is 19.6. The van der Waals surface area contributed by atoms with Gasteiger partial charge in [-0.25, -0.2) is 9.78 Å². The largest absolute Gasteiger partial charge is 0.493 e. The molecular weight excluding hydrogens is 370 g/mol. The SMILES string of the molecule is CCOC(=O)c1cnc(SCC(=O)NCCc2ccc(OC)c(OC)c2)[nH]1. The molecule has 2 N–H and O–H groups in total. The molecule has 2 aromatic rings. The summed E-state index contributed by atoms with van der Waals surface area (Å²) in [6.07, 6.45) is 2.07. The Kier molecular flexibility index (Phi) is 8.00. The van der Waals surface area contributed by atoms with Crippen LogP contribution in [0.4, 0.5) is 0 Å². The summed E-state index contributed by atoms with van der Waals surface area (Å²) in [5, 5.41) is 3.35. The molecule has 0 aliphatic heterocycles. The van der Waals surface area contributed by atoms with Crippen molar-refractivity contribution in [2.24, 2.45) is 0 Å². The van der Waals surface area contributed by atoms with E-state index in [0.717, 1.165) is 5.56 Å². The van der Waals surface area contributed by atoms with E-state index >= 15 is 0 Å². The van der Waals surface area contributed by atoms with Crippen molar-refractivity contribution < 1.29 is 23.8 Å². The molecule has 0 saturated carbocycles. The highest BCUT2D eigenvalue weighted by Crippen LogP contribution is 2.27. The number of rotatable bonds is 10. The predicted molar refractivity (Wildman–Crippen MR) is 102 cm³/mol. The number of aromatic nitrogens is 2. The number of benzene rings is 1. The third-order valence-corrected chi connectivity index (χ3v) is 4.46. The number of ether oxygens (including phenoxy) is 3. The number of aromatic amines is 1. The molecule has 2 rings (SSSR count). The van der Waals surface area contributed by atoms with Gasteiger partial charge < -0.3 is 24.5 Å². The summed E-state index contributed by atoms with van der Waals surface area (Å²) >= 11 is 1.22. The number of H-pyrrole nitrogens is 1. The van der Waals surface area contributed by atoms with Crippen LogP contribution in [-0.4, -0.2) is 55.0 Å². The predicted octanol–water partition coefficient (Wildman–Crippen LogP) is 2.05. The Balaban J connectivity index is 1.74. The Bertz CT molecular complexity index is 778. The lowest BCUT2D eigenvalue weighted by Crippen LogP contribution is -2.27. The van der Waals surface area contributed by atoms with E-state index in [0.29, 0.717) is 36.2 Å². The maximum Gasteiger partial charge on any atom is 0.356 e. The molecule has 0 spiro atoms. The first kappa shape index (κ1) is 20.6. The molecule has 1 heterocycles. The number of hydrogen-bond donors (Lipinski definition) is 2. The van der Waals surface area contributed by atoms with E-state index in [1.807, 2.05) is 18.2 Å². The maximum atomic E-state index is 12.0. The van der Waals surface area contributed by atoms with Crippen molar-refractivity contribution >= 4 is 23.6 Å². The molecule has 0 aliphatic carbocycles. The fraction of sp³-hybridized carbons (Fsp3) is 0.389. The Morgan fingerprint density at radius 3 is 2.70 bits per heavy atom. The van der Waals surface area contributed by atoms with Gasteiger partial charge in [-0.15, -0.1) is 0 Å². The van der Waals surface area contributed by atoms with E-state index in [-0.39, 0.29) is 17.4 Å².